The standard InChI is InChI=1S/C57H98N8O15.C14H28N2O6S.C11H21NO7.C7H16O4/c1-16-37(7)50(64(12)55(72)48(35(3)4)62-54(71)49(36(5)6)63(10)11)44(75-13)32-46(68)65-29-21-25-43(65)51(77-15)38(8)52(69)61-42(31-40-23-19-18-20-24-40)53(70)58-27-22-30-78-56(73)39(9)60-45(67)26-28-59-57(74)79-34-47(76-14)80-41(17-2)33-66;1-4-11(9-17)22-13(20-2)10-21-14(19)16-6-5-12(18)15-7-8-23-3;1-3-8(6-13)19-10(17-2)7-18-11(16)12-5-4-9(14)15;1-3-6(4-8)11-7(5-9)10-2/h18-20,23-24,35-39,41-44,47-51,66H,16-17,21-22,25-34H2,1-15H3,(H,58,70)(H,59,74)(H,60,67)(H,61,69)(H,62,71);11,13,17H,4-10H2,1-3H3,(H,15,18)(H,16,19);8,10,13H,3-7H2,1-2H3,(H,12,16)(H,14,15);6-9H,3-5H2,1-2H3/t37-,38+,39-,41?,42+,43-,44+,47?,48-,49-,50-,51+;;;/m0.../s1. The highest BCUT2D eigenvalue weighted by Crippen LogP contribution is 2.30. The Kier molecular flexibility index (Phi) is 72.7. The molecular formula is C89H163N11O32S. The average molecular weight is 1930 g/mol. The zero-order valence-corrected chi connectivity index (χ0v) is 83.3. The number of hydrogen-bond acceptors (Lipinski definition) is 33. The summed E-state index contributed by atoms with van der Waals surface area (Å²) >= 11 is 1.65. The monoisotopic (exact) mass is 1930 g/mol. The van der Waals surface area contributed by atoms with Crippen molar-refractivity contribution < 1.29 is 154 Å². The van der Waals surface area contributed by atoms with Gasteiger partial charge in [0.1, 0.15) is 37.9 Å². The molecule has 18 atom stereocenters. The number of alkyl carbamates (subject to hydrolysis) is 3. The molecule has 8 unspecified atom stereocenters. The van der Waals surface area contributed by atoms with Crippen molar-refractivity contribution >= 4 is 83.3 Å². The molecule has 1 aromatic rings. The number of amides is 10. The highest BCUT2D eigenvalue weighted by atomic mass is 32.2. The molecule has 1 aromatic carbocycles. The van der Waals surface area contributed by atoms with Gasteiger partial charge in [-0.15, -0.1) is 0 Å². The van der Waals surface area contributed by atoms with Crippen LogP contribution in [0, 0.1) is 23.7 Å². The van der Waals surface area contributed by atoms with Gasteiger partial charge in [0.25, 0.3) is 0 Å². The number of carboxylic acids is 1. The predicted octanol–water partition coefficient (Wildman–Crippen LogP) is 2.82. The molecule has 10 amide bonds. The molecular weight excluding hydrogens is 1770 g/mol. The van der Waals surface area contributed by atoms with E-state index in [4.69, 9.17) is 91.8 Å². The number of esters is 1. The van der Waals surface area contributed by atoms with Gasteiger partial charge in [-0.25, -0.2) is 19.2 Å². The number of carbonyl (C=O) groups is 12. The molecule has 1 saturated heterocycles. The van der Waals surface area contributed by atoms with Crippen LogP contribution in [0.2, 0.25) is 0 Å². The molecule has 133 heavy (non-hydrogen) atoms. The zero-order valence-electron chi connectivity index (χ0n) is 82.5. The number of ether oxygens (including phenoxy) is 14. The normalized spacial score (nSPS) is 16.2. The highest BCUT2D eigenvalue weighted by Gasteiger charge is 2.44. The van der Waals surface area contributed by atoms with Crippen LogP contribution in [-0.4, -0.2) is 389 Å². The molecule has 1 aliphatic rings. The Hall–Kier alpha value is -8.03. The number of carbonyl (C=O) groups excluding carboxylic acids is 11. The van der Waals surface area contributed by atoms with Crippen molar-refractivity contribution in [2.24, 2.45) is 23.7 Å². The third kappa shape index (κ3) is 54.5. The largest absolute Gasteiger partial charge is 0.481 e. The third-order valence-electron chi connectivity index (χ3n) is 21.2. The first-order valence-electron chi connectivity index (χ1n) is 45.4. The van der Waals surface area contributed by atoms with Gasteiger partial charge in [0, 0.05) is 114 Å². The number of aliphatic carboxylic acids is 1. The van der Waals surface area contributed by atoms with Crippen LogP contribution in [-0.2, 0) is 116 Å². The molecule has 2 rings (SSSR count). The van der Waals surface area contributed by atoms with Crippen LogP contribution in [0.5, 0.6) is 0 Å². The molecule has 772 valence electrons. The van der Waals surface area contributed by atoms with Crippen LogP contribution in [0.3, 0.4) is 0 Å². The summed E-state index contributed by atoms with van der Waals surface area (Å²) < 4.78 is 73.4. The van der Waals surface area contributed by atoms with E-state index in [0.717, 1.165) is 11.3 Å². The average Bonchev–Trinajstić information content (AvgIpc) is 1.71. The Morgan fingerprint density at radius 1 is 0.511 bits per heavy atom. The van der Waals surface area contributed by atoms with Crippen molar-refractivity contribution in [3.63, 3.8) is 0 Å². The van der Waals surface area contributed by atoms with Crippen molar-refractivity contribution in [2.45, 2.75) is 265 Å². The summed E-state index contributed by atoms with van der Waals surface area (Å²) in [6.45, 7) is 22.2. The Balaban J connectivity index is 0. The van der Waals surface area contributed by atoms with Crippen molar-refractivity contribution in [3.8, 4) is 0 Å². The summed E-state index contributed by atoms with van der Waals surface area (Å²) in [5.74, 6) is -4.29. The summed E-state index contributed by atoms with van der Waals surface area (Å²) in [4.78, 5) is 157. The van der Waals surface area contributed by atoms with Gasteiger partial charge in [0.15, 0.2) is 25.2 Å². The lowest BCUT2D eigenvalue weighted by Crippen LogP contribution is -2.59. The fraction of sp³-hybridized carbons (Fsp3) is 0.798. The van der Waals surface area contributed by atoms with Crippen molar-refractivity contribution in [1.29, 1.82) is 0 Å². The second-order valence-corrected chi connectivity index (χ2v) is 33.1. The lowest BCUT2D eigenvalue weighted by Gasteiger charge is -2.41. The number of likely N-dealkylation sites (tertiary alicyclic amines) is 1. The first-order chi connectivity index (χ1) is 63.3. The first kappa shape index (κ1) is 127. The minimum absolute atomic E-state index is 0.00388. The van der Waals surface area contributed by atoms with Crippen LogP contribution in [0.1, 0.15) is 166 Å². The number of likely N-dealkylation sites (N-methyl/N-ethyl adjacent to an activating group) is 2. The van der Waals surface area contributed by atoms with Crippen molar-refractivity contribution in [2.75, 3.05) is 175 Å². The second kappa shape index (κ2) is 76.1. The lowest BCUT2D eigenvalue weighted by molar-refractivity contribution is -0.181. The second-order valence-electron chi connectivity index (χ2n) is 32.1. The third-order valence-corrected chi connectivity index (χ3v) is 21.8. The van der Waals surface area contributed by atoms with Gasteiger partial charge in [-0.2, -0.15) is 11.8 Å². The molecule has 0 radical (unpaired) electrons. The highest BCUT2D eigenvalue weighted by molar-refractivity contribution is 7.98. The topological polar surface area (TPSA) is 561 Å². The number of rotatable bonds is 66. The van der Waals surface area contributed by atoms with Crippen molar-refractivity contribution in [1.82, 2.24) is 57.2 Å². The SMILES string of the molecule is CCC(CO)OC(CO)OC.CCC(CO)OC(COC(=O)NCCC(=O)NCCSC)OC.CCC(CO)OC(COC(=O)NCCC(=O)N[C@@H](C)C(=O)OCCCNC(=O)[C@@H](Cc1ccccc1)NC(=O)[C@H](C)[C@@H](OC)[C@@H]1CCCN1C(=O)C[C@@H](OC)[C@H]([C@@H](C)CC)N(C)C(=O)[C@@H](NC(=O)[C@H](C(C)C)N(C)C)C(C)C)OC.CCC(CO)OC(COC(=O)NCCC(=O)O)OC. The number of aliphatic hydroxyl groups is 5. The number of thioether (sulfide) groups is 1. The number of nitrogens with zero attached hydrogens (tertiary/aromatic N) is 3. The number of hydrogen-bond donors (Lipinski definition) is 14. The number of aliphatic hydroxyl groups excluding tert-OH is 5. The van der Waals surface area contributed by atoms with Gasteiger partial charge in [0.2, 0.25) is 41.4 Å². The van der Waals surface area contributed by atoms with Gasteiger partial charge in [-0.3, -0.25) is 43.3 Å². The Labute approximate surface area is 790 Å². The maximum Gasteiger partial charge on any atom is 0.407 e. The molecule has 0 saturated carbocycles. The summed E-state index contributed by atoms with van der Waals surface area (Å²) in [5, 5.41) is 74.3. The van der Waals surface area contributed by atoms with Crippen LogP contribution < -0.4 is 42.5 Å². The summed E-state index contributed by atoms with van der Waals surface area (Å²) in [5.41, 5.74) is 0.798. The molecule has 0 spiro atoms. The van der Waals surface area contributed by atoms with Gasteiger partial charge >= 0.3 is 30.2 Å². The minimum atomic E-state index is -1.01. The molecule has 0 aromatic heterocycles. The van der Waals surface area contributed by atoms with E-state index >= 15 is 0 Å². The van der Waals surface area contributed by atoms with E-state index in [9.17, 15) is 62.6 Å². The van der Waals surface area contributed by atoms with E-state index in [0.29, 0.717) is 58.0 Å². The van der Waals surface area contributed by atoms with Gasteiger partial charge in [-0.05, 0) is 95.5 Å². The molecule has 1 aliphatic heterocycles. The smallest absolute Gasteiger partial charge is 0.407 e. The van der Waals surface area contributed by atoms with E-state index < -0.39 is 134 Å². The van der Waals surface area contributed by atoms with Crippen LogP contribution in [0.15, 0.2) is 30.3 Å². The van der Waals surface area contributed by atoms with Crippen LogP contribution in [0.25, 0.3) is 0 Å². The molecule has 0 aliphatic carbocycles. The summed E-state index contributed by atoms with van der Waals surface area (Å²) in [7, 11) is 14.0. The molecule has 14 N–H and O–H groups in total. The molecule has 1 heterocycles. The van der Waals surface area contributed by atoms with Gasteiger partial charge in [0.05, 0.1) is 113 Å². The first-order valence-corrected chi connectivity index (χ1v) is 46.8. The predicted molar refractivity (Wildman–Crippen MR) is 494 cm³/mol. The van der Waals surface area contributed by atoms with E-state index in [2.05, 4.69) is 42.5 Å². The summed E-state index contributed by atoms with van der Waals surface area (Å²) in [6, 6.07) is 4.92. The Bertz CT molecular complexity index is 3320. The Morgan fingerprint density at radius 3 is 1.39 bits per heavy atom. The fourth-order valence-electron chi connectivity index (χ4n) is 13.2. The van der Waals surface area contributed by atoms with E-state index in [1.807, 2.05) is 125 Å². The zero-order chi connectivity index (χ0) is 101. The van der Waals surface area contributed by atoms with E-state index in [1.165, 1.54) is 49.6 Å². The number of benzene rings is 1. The molecule has 1 fully saturated rings. The fourth-order valence-corrected chi connectivity index (χ4v) is 13.5. The molecule has 0 bridgehead atoms. The summed E-state index contributed by atoms with van der Waals surface area (Å²) in [6.07, 6.45) is -1.65. The number of carboxylic acid groups (broad SMARTS) is 1. The van der Waals surface area contributed by atoms with E-state index in [1.54, 1.807) is 35.5 Å². The lowest BCUT2D eigenvalue weighted by atomic mass is 9.89. The maximum atomic E-state index is 14.5. The van der Waals surface area contributed by atoms with Crippen molar-refractivity contribution in [3.05, 3.63) is 35.9 Å². The van der Waals surface area contributed by atoms with E-state index in [-0.39, 0.29) is 184 Å². The Morgan fingerprint density at radius 2 is 0.985 bits per heavy atom. The minimum Gasteiger partial charge on any atom is -0.481 e. The number of methoxy groups -OCH3 is 6. The maximum absolute atomic E-state index is 14.5. The number of nitrogens with one attached hydrogen (secondary N) is 8. The van der Waals surface area contributed by atoms with Gasteiger partial charge < -0.3 is 149 Å². The molecule has 44 heteroatoms. The van der Waals surface area contributed by atoms with Crippen LogP contribution >= 0.6 is 11.8 Å². The van der Waals surface area contributed by atoms with Gasteiger partial charge in [-0.1, -0.05) is 113 Å². The molecule has 43 nitrogen and oxygen atoms in total. The van der Waals surface area contributed by atoms with Crippen LogP contribution in [0.4, 0.5) is 14.4 Å². The quantitative estimate of drug-likeness (QED) is 0.0193.